The van der Waals surface area contributed by atoms with Crippen molar-refractivity contribution < 1.29 is 4.79 Å². The number of benzene rings is 2. The van der Waals surface area contributed by atoms with Gasteiger partial charge in [-0.1, -0.05) is 37.8 Å². The lowest BCUT2D eigenvalue weighted by molar-refractivity contribution is 0.0949. The van der Waals surface area contributed by atoms with Crippen molar-refractivity contribution >= 4 is 16.7 Å². The van der Waals surface area contributed by atoms with Crippen molar-refractivity contribution in [3.8, 4) is 0 Å². The number of hydrogen-bond donors (Lipinski definition) is 1. The van der Waals surface area contributed by atoms with Crippen molar-refractivity contribution in [3.63, 3.8) is 0 Å². The van der Waals surface area contributed by atoms with Crippen molar-refractivity contribution in [2.24, 2.45) is 0 Å². The van der Waals surface area contributed by atoms with Gasteiger partial charge in [-0.3, -0.25) is 4.79 Å². The van der Waals surface area contributed by atoms with Crippen LogP contribution in [0.25, 0.3) is 10.8 Å². The van der Waals surface area contributed by atoms with E-state index in [1.807, 2.05) is 30.3 Å². The molecule has 1 aliphatic heterocycles. The van der Waals surface area contributed by atoms with E-state index in [0.29, 0.717) is 6.54 Å². The molecule has 1 aliphatic rings. The molecule has 1 amide bonds. The summed E-state index contributed by atoms with van der Waals surface area (Å²) in [5, 5.41) is 5.12. The van der Waals surface area contributed by atoms with Crippen LogP contribution in [0.4, 0.5) is 0 Å². The molecule has 0 spiro atoms. The topological polar surface area (TPSA) is 29.1 Å². The van der Waals surface area contributed by atoms with Crippen molar-refractivity contribution in [3.05, 3.63) is 47.5 Å². The number of hydrogen-bond acceptors (Lipinski definition) is 1. The Balaban J connectivity index is 0.000000853. The normalized spacial score (nSPS) is 13.2. The minimum Gasteiger partial charge on any atom is -0.348 e. The maximum absolute atomic E-state index is 11.6. The molecule has 0 fully saturated rings. The van der Waals surface area contributed by atoms with Gasteiger partial charge in [-0.05, 0) is 22.4 Å². The Morgan fingerprint density at radius 1 is 1.07 bits per heavy atom. The number of carbonyl (C=O) groups excluding carboxylic acids is 1. The summed E-state index contributed by atoms with van der Waals surface area (Å²) in [6.07, 6.45) is 0. The second-order valence-corrected chi connectivity index (χ2v) is 3.50. The Labute approximate surface area is 88.9 Å². The SMILES string of the molecule is C.O=C1NCc2cccc3cccc1c23. The molecule has 15 heavy (non-hydrogen) atoms. The second-order valence-electron chi connectivity index (χ2n) is 3.50. The maximum Gasteiger partial charge on any atom is 0.252 e. The molecule has 3 rings (SSSR count). The van der Waals surface area contributed by atoms with Crippen LogP contribution in [0.15, 0.2) is 36.4 Å². The molecule has 0 unspecified atom stereocenters. The Kier molecular flexibility index (Phi) is 2.19. The fourth-order valence-electron chi connectivity index (χ4n) is 2.03. The smallest absolute Gasteiger partial charge is 0.252 e. The Morgan fingerprint density at radius 3 is 2.60 bits per heavy atom. The molecule has 1 N–H and O–H groups in total. The van der Waals surface area contributed by atoms with Crippen LogP contribution in [0, 0.1) is 0 Å². The summed E-state index contributed by atoms with van der Waals surface area (Å²) in [6, 6.07) is 12.0. The number of amides is 1. The van der Waals surface area contributed by atoms with Crippen molar-refractivity contribution in [2.75, 3.05) is 0 Å². The Hall–Kier alpha value is -1.83. The van der Waals surface area contributed by atoms with Gasteiger partial charge in [0.15, 0.2) is 0 Å². The second kappa shape index (κ2) is 3.39. The molecule has 0 atom stereocenters. The standard InChI is InChI=1S/C12H9NO.CH4/c14-12-10-6-2-4-8-3-1-5-9(7-13-12)11(8)10;/h1-6H,7H2,(H,13,14);1H4. The largest absolute Gasteiger partial charge is 0.348 e. The number of nitrogens with one attached hydrogen (secondary N) is 1. The summed E-state index contributed by atoms with van der Waals surface area (Å²) in [7, 11) is 0. The van der Waals surface area contributed by atoms with Crippen LogP contribution in [0.2, 0.25) is 0 Å². The molecule has 1 heterocycles. The average molecular weight is 199 g/mol. The van der Waals surface area contributed by atoms with Crippen molar-refractivity contribution in [1.29, 1.82) is 0 Å². The van der Waals surface area contributed by atoms with Crippen molar-refractivity contribution in [1.82, 2.24) is 5.32 Å². The zero-order valence-corrected chi connectivity index (χ0v) is 7.58. The van der Waals surface area contributed by atoms with E-state index < -0.39 is 0 Å². The number of rotatable bonds is 0. The molecule has 0 saturated heterocycles. The van der Waals surface area contributed by atoms with Gasteiger partial charge in [0.05, 0.1) is 0 Å². The van der Waals surface area contributed by atoms with Crippen LogP contribution in [0.1, 0.15) is 23.3 Å². The zero-order valence-electron chi connectivity index (χ0n) is 7.58. The molecule has 76 valence electrons. The zero-order chi connectivity index (χ0) is 9.54. The van der Waals surface area contributed by atoms with Crippen molar-refractivity contribution in [2.45, 2.75) is 14.0 Å². The maximum atomic E-state index is 11.6. The fourth-order valence-corrected chi connectivity index (χ4v) is 2.03. The van der Waals surface area contributed by atoms with Crippen LogP contribution >= 0.6 is 0 Å². The highest BCUT2D eigenvalue weighted by Crippen LogP contribution is 2.25. The van der Waals surface area contributed by atoms with Gasteiger partial charge in [0.25, 0.3) is 5.91 Å². The lowest BCUT2D eigenvalue weighted by atomic mass is 9.96. The first-order valence-electron chi connectivity index (χ1n) is 4.65. The number of carbonyl (C=O) groups is 1. The van der Waals surface area contributed by atoms with Gasteiger partial charge in [-0.15, -0.1) is 0 Å². The van der Waals surface area contributed by atoms with E-state index in [9.17, 15) is 4.79 Å². The predicted octanol–water partition coefficient (Wildman–Crippen LogP) is 2.72. The molecule has 2 aromatic rings. The van der Waals surface area contributed by atoms with E-state index in [-0.39, 0.29) is 13.3 Å². The average Bonchev–Trinajstić information content (AvgIpc) is 2.24. The van der Waals surface area contributed by atoms with Gasteiger partial charge in [0.2, 0.25) is 0 Å². The molecule has 2 heteroatoms. The third-order valence-corrected chi connectivity index (χ3v) is 2.68. The van der Waals surface area contributed by atoms with Crippen LogP contribution in [0.3, 0.4) is 0 Å². The Bertz CT molecular complexity index is 526. The fraction of sp³-hybridized carbons (Fsp3) is 0.154. The molecule has 2 aromatic carbocycles. The lowest BCUT2D eigenvalue weighted by Gasteiger charge is -2.17. The van der Waals surface area contributed by atoms with Gasteiger partial charge in [-0.2, -0.15) is 0 Å². The Morgan fingerprint density at radius 2 is 1.80 bits per heavy atom. The van der Waals surface area contributed by atoms with Crippen LogP contribution in [-0.4, -0.2) is 5.91 Å². The summed E-state index contributed by atoms with van der Waals surface area (Å²) in [4.78, 5) is 11.6. The summed E-state index contributed by atoms with van der Waals surface area (Å²) >= 11 is 0. The van der Waals surface area contributed by atoms with E-state index in [1.165, 1.54) is 5.56 Å². The van der Waals surface area contributed by atoms with Gasteiger partial charge >= 0.3 is 0 Å². The molecule has 0 bridgehead atoms. The van der Waals surface area contributed by atoms with E-state index in [0.717, 1.165) is 16.3 Å². The molecular weight excluding hydrogens is 186 g/mol. The molecule has 0 aromatic heterocycles. The quantitative estimate of drug-likeness (QED) is 0.694. The monoisotopic (exact) mass is 199 g/mol. The van der Waals surface area contributed by atoms with Gasteiger partial charge in [0, 0.05) is 12.1 Å². The van der Waals surface area contributed by atoms with Crippen LogP contribution in [-0.2, 0) is 6.54 Å². The van der Waals surface area contributed by atoms with Gasteiger partial charge < -0.3 is 5.32 Å². The van der Waals surface area contributed by atoms with E-state index in [1.54, 1.807) is 0 Å². The minimum absolute atomic E-state index is 0. The van der Waals surface area contributed by atoms with Gasteiger partial charge in [0.1, 0.15) is 0 Å². The highest BCUT2D eigenvalue weighted by molar-refractivity contribution is 6.09. The third kappa shape index (κ3) is 1.30. The first-order valence-corrected chi connectivity index (χ1v) is 4.65. The lowest BCUT2D eigenvalue weighted by Crippen LogP contribution is -2.27. The predicted molar refractivity (Wildman–Crippen MR) is 61.8 cm³/mol. The van der Waals surface area contributed by atoms with Crippen LogP contribution in [0.5, 0.6) is 0 Å². The summed E-state index contributed by atoms with van der Waals surface area (Å²) in [5.41, 5.74) is 2.00. The van der Waals surface area contributed by atoms with E-state index >= 15 is 0 Å². The molecule has 0 saturated carbocycles. The molecule has 0 radical (unpaired) electrons. The highest BCUT2D eigenvalue weighted by Gasteiger charge is 2.17. The third-order valence-electron chi connectivity index (χ3n) is 2.68. The van der Waals surface area contributed by atoms with Crippen LogP contribution < -0.4 is 5.32 Å². The summed E-state index contributed by atoms with van der Waals surface area (Å²) in [6.45, 7) is 0.646. The highest BCUT2D eigenvalue weighted by atomic mass is 16.1. The minimum atomic E-state index is 0. The first kappa shape index (κ1) is 9.71. The molecular formula is C13H13NO. The summed E-state index contributed by atoms with van der Waals surface area (Å²) in [5.74, 6) is 0.0364. The summed E-state index contributed by atoms with van der Waals surface area (Å²) < 4.78 is 0. The van der Waals surface area contributed by atoms with E-state index in [4.69, 9.17) is 0 Å². The first-order chi connectivity index (χ1) is 6.86. The molecule has 2 nitrogen and oxygen atoms in total. The van der Waals surface area contributed by atoms with Gasteiger partial charge in [-0.25, -0.2) is 0 Å². The van der Waals surface area contributed by atoms with E-state index in [2.05, 4.69) is 11.4 Å². The molecule has 0 aliphatic carbocycles.